The second-order valence-electron chi connectivity index (χ2n) is 5.86. The van der Waals surface area contributed by atoms with Crippen LogP contribution in [-0.4, -0.2) is 42.7 Å². The van der Waals surface area contributed by atoms with Crippen LogP contribution in [-0.2, 0) is 4.79 Å². The molecule has 6 N–H and O–H groups in total. The normalized spacial score (nSPS) is 22.0. The van der Waals surface area contributed by atoms with E-state index in [1.165, 1.54) is 24.3 Å². The minimum atomic E-state index is -1.34. The van der Waals surface area contributed by atoms with E-state index in [9.17, 15) is 30.3 Å². The van der Waals surface area contributed by atoms with E-state index < -0.39 is 36.3 Å². The molecule has 1 aliphatic rings. The smallest absolute Gasteiger partial charge is 0.304 e. The number of phenolic OH excluding ortho intramolecular Hbond substituents is 4. The highest BCUT2D eigenvalue weighted by Gasteiger charge is 2.41. The number of aliphatic carboxylic acids is 1. The molecule has 0 aromatic heterocycles. The molecule has 2 aromatic rings. The Morgan fingerprint density at radius 1 is 1.00 bits per heavy atom. The molecule has 0 amide bonds. The van der Waals surface area contributed by atoms with Crippen molar-refractivity contribution < 1.29 is 40.2 Å². The van der Waals surface area contributed by atoms with Gasteiger partial charge in [0, 0.05) is 23.6 Å². The molecule has 2 aromatic carbocycles. The zero-order valence-electron chi connectivity index (χ0n) is 12.8. The number of carbonyl (C=O) groups is 1. The Kier molecular flexibility index (Phi) is 4.05. The van der Waals surface area contributed by atoms with Gasteiger partial charge in [0.15, 0.2) is 17.6 Å². The van der Waals surface area contributed by atoms with Crippen LogP contribution in [0.25, 0.3) is 0 Å². The van der Waals surface area contributed by atoms with Gasteiger partial charge in [-0.05, 0) is 17.7 Å². The summed E-state index contributed by atoms with van der Waals surface area (Å²) in [7, 11) is 0. The molecule has 3 rings (SSSR count). The van der Waals surface area contributed by atoms with Crippen molar-refractivity contribution in [1.29, 1.82) is 0 Å². The molecule has 8 heteroatoms. The van der Waals surface area contributed by atoms with Crippen molar-refractivity contribution in [3.05, 3.63) is 41.5 Å². The number of aromatic hydroxyl groups is 4. The third-order valence-electron chi connectivity index (χ3n) is 4.17. The van der Waals surface area contributed by atoms with Gasteiger partial charge in [-0.3, -0.25) is 4.79 Å². The first-order valence-corrected chi connectivity index (χ1v) is 7.42. The lowest BCUT2D eigenvalue weighted by Gasteiger charge is -2.37. The molecule has 3 atom stereocenters. The van der Waals surface area contributed by atoms with E-state index >= 15 is 0 Å². The fourth-order valence-electron chi connectivity index (χ4n) is 3.05. The first-order valence-electron chi connectivity index (χ1n) is 7.42. The Morgan fingerprint density at radius 3 is 2.36 bits per heavy atom. The number of rotatable bonds is 3. The standard InChI is InChI=1S/C17H16O8/c18-8-4-12(21)15-9(6-14(22)23)16(24)17(25-13(15)5-8)7-1-2-10(19)11(20)3-7/h1-5,9,16-21,24H,6H2,(H,22,23)/t9-,16+,17+/m0/s1. The zero-order valence-corrected chi connectivity index (χ0v) is 12.8. The lowest BCUT2D eigenvalue weighted by molar-refractivity contribution is -0.139. The van der Waals surface area contributed by atoms with Gasteiger partial charge in [-0.25, -0.2) is 0 Å². The Balaban J connectivity index is 2.10. The van der Waals surface area contributed by atoms with Crippen molar-refractivity contribution >= 4 is 5.97 Å². The molecule has 132 valence electrons. The molecule has 1 aliphatic heterocycles. The van der Waals surface area contributed by atoms with Crippen LogP contribution >= 0.6 is 0 Å². The second-order valence-corrected chi connectivity index (χ2v) is 5.86. The molecular formula is C17H16O8. The molecule has 1 heterocycles. The number of carboxylic acids is 1. The van der Waals surface area contributed by atoms with Gasteiger partial charge < -0.3 is 35.4 Å². The van der Waals surface area contributed by atoms with Crippen LogP contribution in [0.15, 0.2) is 30.3 Å². The average Bonchev–Trinajstić information content (AvgIpc) is 2.52. The van der Waals surface area contributed by atoms with Crippen molar-refractivity contribution in [3.63, 3.8) is 0 Å². The summed E-state index contributed by atoms with van der Waals surface area (Å²) in [5, 5.41) is 58.5. The van der Waals surface area contributed by atoms with Gasteiger partial charge in [0.2, 0.25) is 0 Å². The van der Waals surface area contributed by atoms with Crippen LogP contribution in [0.5, 0.6) is 28.7 Å². The van der Waals surface area contributed by atoms with Crippen molar-refractivity contribution in [2.24, 2.45) is 0 Å². The molecular weight excluding hydrogens is 332 g/mol. The number of aliphatic hydroxyl groups excluding tert-OH is 1. The maximum Gasteiger partial charge on any atom is 0.304 e. The predicted molar refractivity (Wildman–Crippen MR) is 83.9 cm³/mol. The van der Waals surface area contributed by atoms with Gasteiger partial charge in [0.1, 0.15) is 23.4 Å². The van der Waals surface area contributed by atoms with E-state index in [-0.39, 0.29) is 28.6 Å². The summed E-state index contributed by atoms with van der Waals surface area (Å²) in [5.74, 6) is -3.59. The van der Waals surface area contributed by atoms with Crippen molar-refractivity contribution in [1.82, 2.24) is 0 Å². The highest BCUT2D eigenvalue weighted by molar-refractivity contribution is 5.69. The van der Waals surface area contributed by atoms with E-state index in [1.54, 1.807) is 0 Å². The number of carboxylic acid groups (broad SMARTS) is 1. The summed E-state index contributed by atoms with van der Waals surface area (Å²) in [5.41, 5.74) is 0.388. The predicted octanol–water partition coefficient (Wildman–Crippen LogP) is 1.56. The van der Waals surface area contributed by atoms with E-state index in [2.05, 4.69) is 0 Å². The van der Waals surface area contributed by atoms with E-state index in [0.717, 1.165) is 6.07 Å². The molecule has 0 aliphatic carbocycles. The fraction of sp³-hybridized carbons (Fsp3) is 0.235. The maximum atomic E-state index is 11.2. The maximum absolute atomic E-state index is 11.2. The van der Waals surface area contributed by atoms with Crippen LogP contribution in [0.4, 0.5) is 0 Å². The Labute approximate surface area is 141 Å². The molecule has 0 fully saturated rings. The van der Waals surface area contributed by atoms with Crippen LogP contribution < -0.4 is 4.74 Å². The van der Waals surface area contributed by atoms with Gasteiger partial charge in [0.05, 0.1) is 6.42 Å². The third kappa shape index (κ3) is 2.99. The first-order chi connectivity index (χ1) is 11.8. The van der Waals surface area contributed by atoms with Gasteiger partial charge >= 0.3 is 5.97 Å². The van der Waals surface area contributed by atoms with Crippen LogP contribution in [0.1, 0.15) is 29.6 Å². The van der Waals surface area contributed by atoms with Crippen molar-refractivity contribution in [2.75, 3.05) is 0 Å². The molecule has 0 spiro atoms. The summed E-state index contributed by atoms with van der Waals surface area (Å²) in [4.78, 5) is 11.2. The summed E-state index contributed by atoms with van der Waals surface area (Å²) in [6, 6.07) is 6.06. The van der Waals surface area contributed by atoms with Crippen molar-refractivity contribution in [2.45, 2.75) is 24.5 Å². The van der Waals surface area contributed by atoms with Gasteiger partial charge in [-0.2, -0.15) is 0 Å². The molecule has 0 bridgehead atoms. The number of hydrogen-bond donors (Lipinski definition) is 6. The number of hydrogen-bond acceptors (Lipinski definition) is 7. The number of benzene rings is 2. The Bertz CT molecular complexity index is 832. The Morgan fingerprint density at radius 2 is 1.72 bits per heavy atom. The van der Waals surface area contributed by atoms with Gasteiger partial charge in [-0.15, -0.1) is 0 Å². The number of aliphatic hydroxyl groups is 1. The summed E-state index contributed by atoms with van der Waals surface area (Å²) in [6.45, 7) is 0. The Hall–Kier alpha value is -3.13. The highest BCUT2D eigenvalue weighted by atomic mass is 16.5. The van der Waals surface area contributed by atoms with Gasteiger partial charge in [0.25, 0.3) is 0 Å². The third-order valence-corrected chi connectivity index (χ3v) is 4.17. The minimum Gasteiger partial charge on any atom is -0.508 e. The topological polar surface area (TPSA) is 148 Å². The SMILES string of the molecule is O=C(O)C[C@H]1c2c(O)cc(O)cc2O[C@H](c2ccc(O)c(O)c2)[C@@H]1O. The summed E-state index contributed by atoms with van der Waals surface area (Å²) >= 11 is 0. The first kappa shape index (κ1) is 16.7. The summed E-state index contributed by atoms with van der Waals surface area (Å²) < 4.78 is 5.64. The molecule has 8 nitrogen and oxygen atoms in total. The van der Waals surface area contributed by atoms with Crippen LogP contribution in [0.3, 0.4) is 0 Å². The number of phenols is 4. The summed E-state index contributed by atoms with van der Waals surface area (Å²) in [6.07, 6.45) is -2.89. The monoisotopic (exact) mass is 348 g/mol. The zero-order chi connectivity index (χ0) is 18.3. The van der Waals surface area contributed by atoms with Crippen LogP contribution in [0, 0.1) is 0 Å². The van der Waals surface area contributed by atoms with E-state index in [4.69, 9.17) is 9.84 Å². The van der Waals surface area contributed by atoms with E-state index in [1.807, 2.05) is 0 Å². The quantitative estimate of drug-likeness (QED) is 0.458. The van der Waals surface area contributed by atoms with Crippen LogP contribution in [0.2, 0.25) is 0 Å². The largest absolute Gasteiger partial charge is 0.508 e. The average molecular weight is 348 g/mol. The van der Waals surface area contributed by atoms with Gasteiger partial charge in [-0.1, -0.05) is 6.07 Å². The molecule has 0 unspecified atom stereocenters. The lowest BCUT2D eigenvalue weighted by Crippen LogP contribution is -2.35. The highest BCUT2D eigenvalue weighted by Crippen LogP contribution is 2.49. The molecule has 0 saturated heterocycles. The molecule has 0 radical (unpaired) electrons. The fourth-order valence-corrected chi connectivity index (χ4v) is 3.05. The second kappa shape index (κ2) is 6.06. The number of fused-ring (bicyclic) bond motifs is 1. The van der Waals surface area contributed by atoms with E-state index in [0.29, 0.717) is 5.56 Å². The molecule has 0 saturated carbocycles. The number of ether oxygens (including phenoxy) is 1. The lowest BCUT2D eigenvalue weighted by atomic mass is 9.82. The minimum absolute atomic E-state index is 0.0339. The van der Waals surface area contributed by atoms with Crippen molar-refractivity contribution in [3.8, 4) is 28.7 Å². The molecule has 25 heavy (non-hydrogen) atoms.